The largest absolute Gasteiger partial charge is 0.395 e. The molecule has 0 aliphatic rings. The van der Waals surface area contributed by atoms with Crippen LogP contribution in [0.25, 0.3) is 0 Å². The van der Waals surface area contributed by atoms with Crippen LogP contribution in [0.4, 0.5) is 10.1 Å². The molecule has 0 amide bonds. The number of nitrogens with zero attached hydrogens (tertiary/aromatic N) is 1. The molecule has 0 bridgehead atoms. The molecule has 0 spiro atoms. The molecule has 2 aromatic carbocycles. The van der Waals surface area contributed by atoms with Crippen molar-refractivity contribution in [3.8, 4) is 0 Å². The number of non-ortho nitro benzene ring substituents is 1. The summed E-state index contributed by atoms with van der Waals surface area (Å²) in [6.45, 7) is 1.60. The van der Waals surface area contributed by atoms with Crippen molar-refractivity contribution in [3.63, 3.8) is 0 Å². The number of aliphatic hydroxyl groups is 2. The number of nitrogens with one attached hydrogen (secondary N) is 1. The Morgan fingerprint density at radius 2 is 1.92 bits per heavy atom. The highest BCUT2D eigenvalue weighted by Crippen LogP contribution is 2.21. The van der Waals surface area contributed by atoms with Crippen LogP contribution in [-0.2, 0) is 6.54 Å². The van der Waals surface area contributed by atoms with Gasteiger partial charge in [0, 0.05) is 18.7 Å². The second kappa shape index (κ2) is 7.96. The Morgan fingerprint density at radius 1 is 1.25 bits per heavy atom. The minimum absolute atomic E-state index is 0.0745. The van der Waals surface area contributed by atoms with Gasteiger partial charge in [0.25, 0.3) is 5.69 Å². The molecule has 2 unspecified atom stereocenters. The van der Waals surface area contributed by atoms with Crippen molar-refractivity contribution < 1.29 is 19.5 Å². The first-order valence-corrected chi connectivity index (χ1v) is 7.44. The van der Waals surface area contributed by atoms with Crippen molar-refractivity contribution in [3.05, 3.63) is 75.1 Å². The molecule has 0 aliphatic heterocycles. The van der Waals surface area contributed by atoms with Gasteiger partial charge in [-0.2, -0.15) is 0 Å². The van der Waals surface area contributed by atoms with Crippen molar-refractivity contribution in [1.82, 2.24) is 5.32 Å². The minimum atomic E-state index is -1.05. The minimum Gasteiger partial charge on any atom is -0.395 e. The lowest BCUT2D eigenvalue weighted by atomic mass is 10.0. The van der Waals surface area contributed by atoms with Gasteiger partial charge in [-0.25, -0.2) is 4.39 Å². The molecule has 0 heterocycles. The fourth-order valence-electron chi connectivity index (χ4n) is 2.30. The normalized spacial score (nSPS) is 13.5. The van der Waals surface area contributed by atoms with Crippen LogP contribution in [0.3, 0.4) is 0 Å². The van der Waals surface area contributed by atoms with Gasteiger partial charge in [0.1, 0.15) is 5.82 Å². The van der Waals surface area contributed by atoms with E-state index < -0.39 is 17.1 Å². The number of aryl methyl sites for hydroxylation is 1. The van der Waals surface area contributed by atoms with E-state index in [0.717, 1.165) is 0 Å². The molecule has 0 aromatic heterocycles. The van der Waals surface area contributed by atoms with Crippen molar-refractivity contribution in [1.29, 1.82) is 0 Å². The van der Waals surface area contributed by atoms with Crippen molar-refractivity contribution in [2.45, 2.75) is 25.6 Å². The molecule has 3 N–H and O–H groups in total. The van der Waals surface area contributed by atoms with Crippen LogP contribution in [0.2, 0.25) is 0 Å². The van der Waals surface area contributed by atoms with Crippen LogP contribution in [0.1, 0.15) is 22.8 Å². The summed E-state index contributed by atoms with van der Waals surface area (Å²) in [5, 5.41) is 33.4. The van der Waals surface area contributed by atoms with Crippen LogP contribution < -0.4 is 5.32 Å². The molecule has 0 aliphatic carbocycles. The van der Waals surface area contributed by atoms with Gasteiger partial charge in [-0.05, 0) is 41.8 Å². The lowest BCUT2D eigenvalue weighted by Crippen LogP contribution is -2.37. The average Bonchev–Trinajstić information content (AvgIpc) is 2.58. The standard InChI is InChI=1S/C17H19FN2O4/c1-11-2-3-12(8-15(11)18)9-19-16(10-21)17(22)13-4-6-14(7-5-13)20(23)24/h2-8,16-17,19,21-22H,9-10H2,1H3. The third kappa shape index (κ3) is 4.35. The Labute approximate surface area is 138 Å². The Balaban J connectivity index is 2.03. The van der Waals surface area contributed by atoms with Crippen LogP contribution >= 0.6 is 0 Å². The summed E-state index contributed by atoms with van der Waals surface area (Å²) in [7, 11) is 0. The molecule has 0 saturated heterocycles. The van der Waals surface area contributed by atoms with Gasteiger partial charge in [0.2, 0.25) is 0 Å². The molecule has 2 atom stereocenters. The second-order valence-electron chi connectivity index (χ2n) is 5.55. The fourth-order valence-corrected chi connectivity index (χ4v) is 2.30. The molecule has 128 valence electrons. The number of rotatable bonds is 7. The first kappa shape index (κ1) is 18.0. The fraction of sp³-hybridized carbons (Fsp3) is 0.294. The van der Waals surface area contributed by atoms with Crippen LogP contribution in [0.15, 0.2) is 42.5 Å². The van der Waals surface area contributed by atoms with E-state index in [0.29, 0.717) is 16.7 Å². The van der Waals surface area contributed by atoms with Crippen molar-refractivity contribution >= 4 is 5.69 Å². The van der Waals surface area contributed by atoms with E-state index in [9.17, 15) is 24.7 Å². The highest BCUT2D eigenvalue weighted by atomic mass is 19.1. The third-order valence-electron chi connectivity index (χ3n) is 3.83. The summed E-state index contributed by atoms with van der Waals surface area (Å²) >= 11 is 0. The monoisotopic (exact) mass is 334 g/mol. The maximum atomic E-state index is 13.5. The van der Waals surface area contributed by atoms with E-state index in [-0.39, 0.29) is 24.7 Å². The van der Waals surface area contributed by atoms with E-state index in [1.165, 1.54) is 30.3 Å². The van der Waals surface area contributed by atoms with E-state index in [4.69, 9.17) is 0 Å². The maximum absolute atomic E-state index is 13.5. The summed E-state index contributed by atoms with van der Waals surface area (Å²) in [5.41, 5.74) is 1.60. The summed E-state index contributed by atoms with van der Waals surface area (Å²) in [5.74, 6) is -0.314. The molecule has 6 nitrogen and oxygen atoms in total. The number of benzene rings is 2. The van der Waals surface area contributed by atoms with Crippen LogP contribution in [-0.4, -0.2) is 27.8 Å². The number of nitro benzene ring substituents is 1. The average molecular weight is 334 g/mol. The predicted molar refractivity (Wildman–Crippen MR) is 86.9 cm³/mol. The molecule has 2 aromatic rings. The molecule has 24 heavy (non-hydrogen) atoms. The summed E-state index contributed by atoms with van der Waals surface area (Å²) < 4.78 is 13.5. The smallest absolute Gasteiger partial charge is 0.269 e. The van der Waals surface area contributed by atoms with E-state index in [1.807, 2.05) is 0 Å². The molecular weight excluding hydrogens is 315 g/mol. The van der Waals surface area contributed by atoms with E-state index in [2.05, 4.69) is 5.32 Å². The van der Waals surface area contributed by atoms with Gasteiger partial charge in [0.15, 0.2) is 0 Å². The quantitative estimate of drug-likeness (QED) is 0.533. The Bertz CT molecular complexity index is 706. The first-order chi connectivity index (χ1) is 11.4. The predicted octanol–water partition coefficient (Wildman–Crippen LogP) is 2.23. The van der Waals surface area contributed by atoms with Crippen molar-refractivity contribution in [2.75, 3.05) is 6.61 Å². The molecule has 2 rings (SSSR count). The summed E-state index contributed by atoms with van der Waals surface area (Å²) in [6, 6.07) is 9.61. The SMILES string of the molecule is Cc1ccc(CNC(CO)C(O)c2ccc([N+](=O)[O-])cc2)cc1F. The number of hydrogen-bond acceptors (Lipinski definition) is 5. The highest BCUT2D eigenvalue weighted by Gasteiger charge is 2.20. The number of nitro groups is 1. The molecule has 0 fully saturated rings. The van der Waals surface area contributed by atoms with Crippen LogP contribution in [0, 0.1) is 22.9 Å². The maximum Gasteiger partial charge on any atom is 0.269 e. The topological polar surface area (TPSA) is 95.6 Å². The first-order valence-electron chi connectivity index (χ1n) is 7.44. The summed E-state index contributed by atoms with van der Waals surface area (Å²) in [4.78, 5) is 10.1. The molecular formula is C17H19FN2O4. The number of halogens is 1. The third-order valence-corrected chi connectivity index (χ3v) is 3.83. The Kier molecular flexibility index (Phi) is 5.97. The molecule has 0 saturated carbocycles. The zero-order valence-electron chi connectivity index (χ0n) is 13.1. The zero-order chi connectivity index (χ0) is 17.7. The molecule has 0 radical (unpaired) electrons. The highest BCUT2D eigenvalue weighted by molar-refractivity contribution is 5.34. The van der Waals surface area contributed by atoms with Gasteiger partial charge in [-0.1, -0.05) is 12.1 Å². The Hall–Kier alpha value is -2.35. The second-order valence-corrected chi connectivity index (χ2v) is 5.55. The lowest BCUT2D eigenvalue weighted by Gasteiger charge is -2.22. The van der Waals surface area contributed by atoms with Crippen LogP contribution in [0.5, 0.6) is 0 Å². The lowest BCUT2D eigenvalue weighted by molar-refractivity contribution is -0.384. The number of hydrogen-bond donors (Lipinski definition) is 3. The van der Waals surface area contributed by atoms with Gasteiger partial charge in [-0.15, -0.1) is 0 Å². The van der Waals surface area contributed by atoms with E-state index in [1.54, 1.807) is 19.1 Å². The van der Waals surface area contributed by atoms with Gasteiger partial charge >= 0.3 is 0 Å². The summed E-state index contributed by atoms with van der Waals surface area (Å²) in [6.07, 6.45) is -1.05. The zero-order valence-corrected chi connectivity index (χ0v) is 13.1. The molecule has 7 heteroatoms. The van der Waals surface area contributed by atoms with E-state index >= 15 is 0 Å². The van der Waals surface area contributed by atoms with Crippen molar-refractivity contribution in [2.24, 2.45) is 0 Å². The number of aliphatic hydroxyl groups excluding tert-OH is 2. The van der Waals surface area contributed by atoms with Gasteiger partial charge < -0.3 is 15.5 Å². The Morgan fingerprint density at radius 3 is 2.46 bits per heavy atom. The van der Waals surface area contributed by atoms with Gasteiger partial charge in [0.05, 0.1) is 23.7 Å². The van der Waals surface area contributed by atoms with Gasteiger partial charge in [-0.3, -0.25) is 10.1 Å².